The molecule has 0 spiro atoms. The number of nitrogens with one attached hydrogen (secondary N) is 4. The zero-order valence-electron chi connectivity index (χ0n) is 49.1. The van der Waals surface area contributed by atoms with Crippen LogP contribution in [0.25, 0.3) is 21.5 Å². The Kier molecular flexibility index (Phi) is 23.0. The van der Waals surface area contributed by atoms with Crippen molar-refractivity contribution < 1.29 is 19.2 Å². The molecule has 4 heterocycles. The van der Waals surface area contributed by atoms with Gasteiger partial charge in [-0.05, 0) is 147 Å². The molecule has 0 aromatic heterocycles. The van der Waals surface area contributed by atoms with E-state index >= 15 is 0 Å². The molecule has 0 unspecified atom stereocenters. The summed E-state index contributed by atoms with van der Waals surface area (Å²) >= 11 is 0. The molecule has 0 saturated carbocycles. The number of piperidine rings is 2. The second kappa shape index (κ2) is 31.3. The van der Waals surface area contributed by atoms with E-state index in [2.05, 4.69) is 128 Å². The average molecular weight is 1110 g/mol. The van der Waals surface area contributed by atoms with Gasteiger partial charge in [-0.15, -0.1) is 0 Å². The lowest BCUT2D eigenvalue weighted by molar-refractivity contribution is -0.134. The van der Waals surface area contributed by atoms with E-state index in [0.29, 0.717) is 49.1 Å². The van der Waals surface area contributed by atoms with E-state index in [4.69, 9.17) is 0 Å². The summed E-state index contributed by atoms with van der Waals surface area (Å²) < 4.78 is 0. The van der Waals surface area contributed by atoms with Crippen LogP contribution in [0.15, 0.2) is 146 Å². The van der Waals surface area contributed by atoms with E-state index in [-0.39, 0.29) is 47.8 Å². The zero-order valence-corrected chi connectivity index (χ0v) is 49.1. The Bertz CT molecular complexity index is 2750. The second-order valence-corrected chi connectivity index (χ2v) is 23.7. The summed E-state index contributed by atoms with van der Waals surface area (Å²) in [5.74, 6) is 0.947. The third-order valence-corrected chi connectivity index (χ3v) is 17.7. The summed E-state index contributed by atoms with van der Waals surface area (Å²) in [6, 6.07) is 48.8. The monoisotopic (exact) mass is 1110 g/mol. The van der Waals surface area contributed by atoms with Gasteiger partial charge in [-0.1, -0.05) is 161 Å². The Morgan fingerprint density at radius 3 is 1.24 bits per heavy atom. The molecular weight excluding hydrogens is 1020 g/mol. The Labute approximate surface area is 489 Å². The Hall–Kier alpha value is -6.44. The third-order valence-electron chi connectivity index (χ3n) is 17.7. The van der Waals surface area contributed by atoms with Crippen LogP contribution < -0.4 is 21.3 Å². The predicted octanol–water partition coefficient (Wildman–Crippen LogP) is 11.2. The number of hydrogen-bond acceptors (Lipinski definition) is 8. The number of fused-ring (bicyclic) bond motifs is 2. The molecule has 4 aliphatic heterocycles. The van der Waals surface area contributed by atoms with Crippen molar-refractivity contribution in [3.05, 3.63) is 168 Å². The first-order valence-electron chi connectivity index (χ1n) is 31.4. The number of rotatable bonds is 22. The highest BCUT2D eigenvalue weighted by atomic mass is 16.2. The first-order chi connectivity index (χ1) is 40.2. The van der Waals surface area contributed by atoms with E-state index in [1.807, 2.05) is 72.8 Å². The SMILES string of the molecule is CCC[C@@H](CN1CC[C@@H](CNC(=O)c2ccc3ccccc3c2)N[C@@H](CCN2CCCCC2)C1=O)c1ccccc1.CCC[C@H](CN1CC[C@@H](CNC(=O)c2ccc3ccccc3c2)N[C@@H](CCN2CCCCC2)C1=O)c1ccccc1. The quantitative estimate of drug-likeness (QED) is 0.0529. The van der Waals surface area contributed by atoms with E-state index in [9.17, 15) is 19.2 Å². The average Bonchev–Trinajstić information content (AvgIpc) is 3.93. The number of carbonyl (C=O) groups excluding carboxylic acids is 4. The largest absolute Gasteiger partial charge is 0.350 e. The first kappa shape index (κ1) is 60.2. The molecule has 10 rings (SSSR count). The van der Waals surface area contributed by atoms with Gasteiger partial charge < -0.3 is 40.9 Å². The van der Waals surface area contributed by atoms with Crippen LogP contribution in [0.2, 0.25) is 0 Å². The van der Waals surface area contributed by atoms with Crippen molar-refractivity contribution in [2.45, 2.75) is 140 Å². The number of benzene rings is 6. The predicted molar refractivity (Wildman–Crippen MR) is 334 cm³/mol. The Morgan fingerprint density at radius 1 is 0.476 bits per heavy atom. The lowest BCUT2D eigenvalue weighted by Gasteiger charge is -2.31. The Balaban J connectivity index is 0.000000198. The molecule has 12 heteroatoms. The molecule has 12 nitrogen and oxygen atoms in total. The fourth-order valence-corrected chi connectivity index (χ4v) is 13.0. The van der Waals surface area contributed by atoms with Gasteiger partial charge in [0.25, 0.3) is 11.8 Å². The van der Waals surface area contributed by atoms with Crippen molar-refractivity contribution >= 4 is 45.2 Å². The molecule has 6 atom stereocenters. The molecule has 0 radical (unpaired) electrons. The van der Waals surface area contributed by atoms with Crippen LogP contribution in [-0.2, 0) is 9.59 Å². The summed E-state index contributed by atoms with van der Waals surface area (Å²) in [6.45, 7) is 14.7. The van der Waals surface area contributed by atoms with Crippen molar-refractivity contribution in [1.29, 1.82) is 0 Å². The van der Waals surface area contributed by atoms with Crippen molar-refractivity contribution in [3.8, 4) is 0 Å². The molecule has 82 heavy (non-hydrogen) atoms. The van der Waals surface area contributed by atoms with Crippen molar-refractivity contribution in [2.24, 2.45) is 0 Å². The number of carbonyl (C=O) groups is 4. The maximum absolute atomic E-state index is 14.0. The summed E-state index contributed by atoms with van der Waals surface area (Å²) in [5.41, 5.74) is 3.95. The van der Waals surface area contributed by atoms with Gasteiger partial charge in [-0.25, -0.2) is 0 Å². The molecule has 436 valence electrons. The van der Waals surface area contributed by atoms with Crippen LogP contribution in [-0.4, -0.2) is 146 Å². The fourth-order valence-electron chi connectivity index (χ4n) is 13.0. The minimum absolute atomic E-state index is 0.0427. The number of nitrogens with zero attached hydrogens (tertiary/aromatic N) is 4. The van der Waals surface area contributed by atoms with Crippen molar-refractivity contribution in [1.82, 2.24) is 40.9 Å². The lowest BCUT2D eigenvalue weighted by Crippen LogP contribution is -2.50. The minimum atomic E-state index is -0.236. The molecule has 6 aromatic carbocycles. The molecule has 6 aromatic rings. The molecule has 0 aliphatic carbocycles. The summed E-state index contributed by atoms with van der Waals surface area (Å²) in [4.78, 5) is 63.4. The van der Waals surface area contributed by atoms with Gasteiger partial charge in [0.1, 0.15) is 0 Å². The topological polar surface area (TPSA) is 129 Å². The second-order valence-electron chi connectivity index (χ2n) is 23.7. The molecule has 4 fully saturated rings. The highest BCUT2D eigenvalue weighted by Crippen LogP contribution is 2.27. The van der Waals surface area contributed by atoms with Crippen LogP contribution in [0, 0.1) is 0 Å². The van der Waals surface area contributed by atoms with Crippen LogP contribution >= 0.6 is 0 Å². The highest BCUT2D eigenvalue weighted by molar-refractivity contribution is 5.99. The molecule has 4 amide bonds. The van der Waals surface area contributed by atoms with Crippen LogP contribution in [0.4, 0.5) is 0 Å². The number of hydrogen-bond donors (Lipinski definition) is 4. The zero-order chi connectivity index (χ0) is 56.9. The van der Waals surface area contributed by atoms with Gasteiger partial charge in [-0.3, -0.25) is 19.2 Å². The Morgan fingerprint density at radius 2 is 0.854 bits per heavy atom. The summed E-state index contributed by atoms with van der Waals surface area (Å²) in [5, 5.41) is 18.1. The normalized spacial score (nSPS) is 21.0. The number of amides is 4. The van der Waals surface area contributed by atoms with Crippen molar-refractivity contribution in [2.75, 3.05) is 78.5 Å². The molecule has 4 saturated heterocycles. The van der Waals surface area contributed by atoms with Crippen LogP contribution in [0.5, 0.6) is 0 Å². The van der Waals surface area contributed by atoms with E-state index in [0.717, 1.165) is 125 Å². The van der Waals surface area contributed by atoms with Gasteiger partial charge >= 0.3 is 0 Å². The number of likely N-dealkylation sites (tertiary alicyclic amines) is 2. The lowest BCUT2D eigenvalue weighted by atomic mass is 9.93. The van der Waals surface area contributed by atoms with Crippen molar-refractivity contribution in [3.63, 3.8) is 0 Å². The van der Waals surface area contributed by atoms with Gasteiger partial charge in [0, 0.05) is 87.4 Å². The standard InChI is InChI=1S/2C35H46N4O2/c2*1-2-11-31(27-12-5-3-6-13-27)26-39-23-18-32(37-33(35(39)41)19-22-38-20-9-4-10-21-38)25-36-34(40)30-17-16-28-14-7-8-15-29(28)24-30/h2*3,5-8,12-17,24,31-33,37H,2,4,9-11,18-23,25-26H2,1H3,(H,36,40)/t31-,32+,33+;31-,32-,33-/m10/s1. The molecule has 4 aliphatic rings. The summed E-state index contributed by atoms with van der Waals surface area (Å²) in [6.07, 6.45) is 15.1. The summed E-state index contributed by atoms with van der Waals surface area (Å²) in [7, 11) is 0. The maximum Gasteiger partial charge on any atom is 0.251 e. The molecule has 4 N–H and O–H groups in total. The van der Waals surface area contributed by atoms with Gasteiger partial charge in [0.2, 0.25) is 11.8 Å². The van der Waals surface area contributed by atoms with Gasteiger partial charge in [0.05, 0.1) is 12.1 Å². The molecule has 0 bridgehead atoms. The van der Waals surface area contributed by atoms with E-state index < -0.39 is 0 Å². The maximum atomic E-state index is 14.0. The minimum Gasteiger partial charge on any atom is -0.350 e. The van der Waals surface area contributed by atoms with E-state index in [1.165, 1.54) is 49.7 Å². The van der Waals surface area contributed by atoms with Gasteiger partial charge in [-0.2, -0.15) is 0 Å². The fraction of sp³-hybridized carbons (Fsp3) is 0.486. The van der Waals surface area contributed by atoms with E-state index in [1.54, 1.807) is 0 Å². The third kappa shape index (κ3) is 17.3. The van der Waals surface area contributed by atoms with Gasteiger partial charge in [0.15, 0.2) is 0 Å². The highest BCUT2D eigenvalue weighted by Gasteiger charge is 2.35. The smallest absolute Gasteiger partial charge is 0.251 e. The first-order valence-corrected chi connectivity index (χ1v) is 31.4. The van der Waals surface area contributed by atoms with Crippen LogP contribution in [0.1, 0.15) is 147 Å². The van der Waals surface area contributed by atoms with Crippen LogP contribution in [0.3, 0.4) is 0 Å². The molecular formula is C70H92N8O4.